The minimum absolute atomic E-state index is 0. The third-order valence-electron chi connectivity index (χ3n) is 4.03. The summed E-state index contributed by atoms with van der Waals surface area (Å²) in [6.45, 7) is 1.61. The van der Waals surface area contributed by atoms with Crippen LogP contribution in [0.1, 0.15) is 5.56 Å². The molecule has 0 unspecified atom stereocenters. The number of nitrogens with two attached hydrogens (primary N) is 1. The SMILES string of the molecule is Cc1cc([N+](=O)[O-])ccc1N=Nc1c(N)ccc2c(O)cc(S(=O)(=O)[O-])cc12.[Na+]. The van der Waals surface area contributed by atoms with Crippen LogP contribution >= 0.6 is 0 Å². The van der Waals surface area contributed by atoms with E-state index in [1.807, 2.05) is 0 Å². The van der Waals surface area contributed by atoms with Gasteiger partial charge in [-0.25, -0.2) is 8.42 Å². The van der Waals surface area contributed by atoms with Crippen molar-refractivity contribution in [2.24, 2.45) is 10.2 Å². The van der Waals surface area contributed by atoms with Gasteiger partial charge in [0.2, 0.25) is 0 Å². The number of phenols is 1. The van der Waals surface area contributed by atoms with E-state index in [1.54, 1.807) is 6.92 Å². The van der Waals surface area contributed by atoms with Gasteiger partial charge in [-0.3, -0.25) is 10.1 Å². The van der Waals surface area contributed by atoms with Crippen molar-refractivity contribution in [3.8, 4) is 5.75 Å². The molecule has 12 heteroatoms. The molecule has 0 radical (unpaired) electrons. The molecule has 0 saturated heterocycles. The Labute approximate surface area is 187 Å². The maximum Gasteiger partial charge on any atom is 1.00 e. The molecular formula is C17H13N4NaO6S. The Balaban J connectivity index is 0.00000300. The number of anilines is 1. The minimum Gasteiger partial charge on any atom is -0.744 e. The van der Waals surface area contributed by atoms with Gasteiger partial charge in [-0.15, -0.1) is 5.11 Å². The summed E-state index contributed by atoms with van der Waals surface area (Å²) in [6.07, 6.45) is 0. The molecule has 0 aliphatic rings. The van der Waals surface area contributed by atoms with Crippen molar-refractivity contribution in [1.29, 1.82) is 0 Å². The number of benzene rings is 3. The van der Waals surface area contributed by atoms with Crippen molar-refractivity contribution >= 4 is 43.6 Å². The molecule has 10 nitrogen and oxygen atoms in total. The Hall–Kier alpha value is -2.57. The van der Waals surface area contributed by atoms with Crippen LogP contribution in [-0.2, 0) is 10.1 Å². The number of fused-ring (bicyclic) bond motifs is 1. The van der Waals surface area contributed by atoms with E-state index < -0.39 is 25.7 Å². The summed E-state index contributed by atoms with van der Waals surface area (Å²) in [4.78, 5) is 9.65. The molecule has 144 valence electrons. The number of aryl methyl sites for hydroxylation is 1. The van der Waals surface area contributed by atoms with Crippen LogP contribution in [0.25, 0.3) is 10.8 Å². The van der Waals surface area contributed by atoms with Crippen LogP contribution in [0.4, 0.5) is 22.7 Å². The molecule has 0 atom stereocenters. The van der Waals surface area contributed by atoms with E-state index >= 15 is 0 Å². The van der Waals surface area contributed by atoms with Crippen LogP contribution in [0.3, 0.4) is 0 Å². The molecule has 3 aromatic carbocycles. The number of nitrogen functional groups attached to an aromatic ring is 1. The summed E-state index contributed by atoms with van der Waals surface area (Å²) in [5, 5.41) is 29.3. The predicted molar refractivity (Wildman–Crippen MR) is 100.0 cm³/mol. The third-order valence-corrected chi connectivity index (χ3v) is 4.84. The summed E-state index contributed by atoms with van der Waals surface area (Å²) in [5.74, 6) is -0.421. The molecule has 29 heavy (non-hydrogen) atoms. The first-order valence-electron chi connectivity index (χ1n) is 7.76. The Kier molecular flexibility index (Phi) is 6.60. The number of rotatable bonds is 4. The maximum absolute atomic E-state index is 11.3. The van der Waals surface area contributed by atoms with E-state index in [4.69, 9.17) is 5.73 Å². The van der Waals surface area contributed by atoms with Gasteiger partial charge in [-0.05, 0) is 42.8 Å². The van der Waals surface area contributed by atoms with Crippen LogP contribution in [0.15, 0.2) is 57.6 Å². The number of phenolic OH excluding ortho intramolecular Hbond substituents is 1. The number of hydrogen-bond donors (Lipinski definition) is 2. The Morgan fingerprint density at radius 1 is 1.07 bits per heavy atom. The zero-order valence-corrected chi connectivity index (χ0v) is 18.2. The standard InChI is InChI=1S/C17H14N4O6S.Na/c1-9-6-10(21(23)24)2-5-15(9)19-20-17-13-7-11(28(25,26)27)8-16(22)12(13)3-4-14(17)18;/h2-8,22H,18H2,1H3,(H,25,26,27);/q;+1/p-1. The first-order chi connectivity index (χ1) is 13.1. The number of non-ortho nitro benzene ring substituents is 1. The molecule has 3 rings (SSSR count). The number of hydrogen-bond acceptors (Lipinski definition) is 9. The number of azo groups is 1. The first kappa shape index (κ1) is 22.7. The predicted octanol–water partition coefficient (Wildman–Crippen LogP) is 0.668. The van der Waals surface area contributed by atoms with Crippen molar-refractivity contribution < 1.29 is 52.6 Å². The largest absolute Gasteiger partial charge is 1.00 e. The van der Waals surface area contributed by atoms with Gasteiger partial charge in [0.15, 0.2) is 0 Å². The van der Waals surface area contributed by atoms with Gasteiger partial charge in [0.25, 0.3) is 5.69 Å². The monoisotopic (exact) mass is 424 g/mol. The normalized spacial score (nSPS) is 11.5. The molecule has 0 aromatic heterocycles. The van der Waals surface area contributed by atoms with E-state index in [0.29, 0.717) is 11.3 Å². The van der Waals surface area contributed by atoms with Crippen molar-refractivity contribution in [2.45, 2.75) is 11.8 Å². The van der Waals surface area contributed by atoms with E-state index in [1.165, 1.54) is 30.3 Å². The number of nitro benzene ring substituents is 1. The van der Waals surface area contributed by atoms with Crippen molar-refractivity contribution in [3.05, 3.63) is 58.1 Å². The fraction of sp³-hybridized carbons (Fsp3) is 0.0588. The number of nitrogens with zero attached hydrogens (tertiary/aromatic N) is 3. The van der Waals surface area contributed by atoms with Gasteiger partial charge >= 0.3 is 29.6 Å². The molecular weight excluding hydrogens is 411 g/mol. The molecule has 0 fully saturated rings. The molecule has 0 aliphatic carbocycles. The molecule has 0 saturated carbocycles. The maximum atomic E-state index is 11.3. The molecule has 3 N–H and O–H groups in total. The van der Waals surface area contributed by atoms with E-state index in [9.17, 15) is 28.2 Å². The zero-order valence-electron chi connectivity index (χ0n) is 15.4. The van der Waals surface area contributed by atoms with Crippen LogP contribution in [0.2, 0.25) is 0 Å². The smallest absolute Gasteiger partial charge is 0.744 e. The van der Waals surface area contributed by atoms with Crippen molar-refractivity contribution in [3.63, 3.8) is 0 Å². The second kappa shape index (κ2) is 8.43. The van der Waals surface area contributed by atoms with Gasteiger partial charge in [-0.1, -0.05) is 0 Å². The van der Waals surface area contributed by atoms with Crippen LogP contribution in [0.5, 0.6) is 5.75 Å². The van der Waals surface area contributed by atoms with Crippen molar-refractivity contribution in [2.75, 3.05) is 5.73 Å². The van der Waals surface area contributed by atoms with Gasteiger partial charge < -0.3 is 15.4 Å². The van der Waals surface area contributed by atoms with Crippen LogP contribution in [0, 0.1) is 17.0 Å². The van der Waals surface area contributed by atoms with Gasteiger partial charge in [0, 0.05) is 22.9 Å². The quantitative estimate of drug-likeness (QED) is 0.155. The Bertz CT molecular complexity index is 1260. The van der Waals surface area contributed by atoms with Gasteiger partial charge in [0.05, 0.1) is 21.2 Å². The van der Waals surface area contributed by atoms with Gasteiger partial charge in [-0.2, -0.15) is 5.11 Å². The van der Waals surface area contributed by atoms with E-state index in [-0.39, 0.29) is 57.4 Å². The molecule has 0 bridgehead atoms. The summed E-state index contributed by atoms with van der Waals surface area (Å²) in [6, 6.07) is 8.81. The molecule has 0 heterocycles. The number of nitro groups is 1. The third kappa shape index (κ3) is 4.71. The second-order valence-corrected chi connectivity index (χ2v) is 7.30. The molecule has 0 amide bonds. The Morgan fingerprint density at radius 3 is 2.34 bits per heavy atom. The number of aromatic hydroxyl groups is 1. The van der Waals surface area contributed by atoms with Crippen molar-refractivity contribution in [1.82, 2.24) is 0 Å². The first-order valence-corrected chi connectivity index (χ1v) is 9.16. The van der Waals surface area contributed by atoms with E-state index in [0.717, 1.165) is 12.1 Å². The topological polar surface area (TPSA) is 171 Å². The second-order valence-electron chi connectivity index (χ2n) is 5.92. The molecule has 0 spiro atoms. The zero-order chi connectivity index (χ0) is 20.6. The van der Waals surface area contributed by atoms with Crippen LogP contribution < -0.4 is 35.3 Å². The van der Waals surface area contributed by atoms with E-state index in [2.05, 4.69) is 10.2 Å². The van der Waals surface area contributed by atoms with Gasteiger partial charge in [0.1, 0.15) is 21.6 Å². The summed E-state index contributed by atoms with van der Waals surface area (Å²) in [5.41, 5.74) is 6.82. The molecule has 3 aromatic rings. The fourth-order valence-electron chi connectivity index (χ4n) is 2.62. The summed E-state index contributed by atoms with van der Waals surface area (Å²) < 4.78 is 34.0. The molecule has 0 aliphatic heterocycles. The average Bonchev–Trinajstić information content (AvgIpc) is 2.60. The average molecular weight is 424 g/mol. The minimum atomic E-state index is -4.82. The summed E-state index contributed by atoms with van der Waals surface area (Å²) >= 11 is 0. The van der Waals surface area contributed by atoms with Crippen LogP contribution in [-0.4, -0.2) is 23.0 Å². The fourth-order valence-corrected chi connectivity index (χ4v) is 3.13. The Morgan fingerprint density at radius 2 is 1.76 bits per heavy atom. The summed E-state index contributed by atoms with van der Waals surface area (Å²) in [7, 11) is -4.82.